The second-order valence-electron chi connectivity index (χ2n) is 9.72. The molecule has 4 heterocycles. The topological polar surface area (TPSA) is 43.1 Å². The highest BCUT2D eigenvalue weighted by atomic mass is 15.0. The van der Waals surface area contributed by atoms with Crippen LogP contribution in [-0.4, -0.2) is 19.4 Å². The van der Waals surface area contributed by atoms with Crippen molar-refractivity contribution in [1.82, 2.24) is 19.4 Å². The lowest BCUT2D eigenvalue weighted by atomic mass is 9.98. The molecule has 7 aromatic rings. The van der Waals surface area contributed by atoms with Crippen molar-refractivity contribution in [1.29, 1.82) is 0 Å². The van der Waals surface area contributed by atoms with E-state index in [2.05, 4.69) is 75.0 Å². The Labute approximate surface area is 200 Å². The Hall–Kier alpha value is -4.57. The third-order valence-corrected chi connectivity index (χ3v) is 8.00. The summed E-state index contributed by atoms with van der Waals surface area (Å²) >= 11 is 0. The van der Waals surface area contributed by atoms with E-state index in [4.69, 9.17) is 4.98 Å². The van der Waals surface area contributed by atoms with Crippen LogP contribution in [0.5, 0.6) is 0 Å². The molecule has 0 bridgehead atoms. The lowest BCUT2D eigenvalue weighted by molar-refractivity contribution is 1.22. The van der Waals surface area contributed by atoms with Gasteiger partial charge in [0, 0.05) is 42.0 Å². The Morgan fingerprint density at radius 3 is 2.40 bits per heavy atom. The number of imidazole rings is 1. The number of nitrogens with zero attached hydrogens (tertiary/aromatic N) is 4. The summed E-state index contributed by atoms with van der Waals surface area (Å²) in [6, 6.07) is 22.4. The van der Waals surface area contributed by atoms with E-state index in [1.54, 1.807) is 0 Å². The summed E-state index contributed by atoms with van der Waals surface area (Å²) in [5.74, 6) is 0. The fourth-order valence-electron chi connectivity index (χ4n) is 6.47. The average Bonchev–Trinajstić information content (AvgIpc) is 3.58. The van der Waals surface area contributed by atoms with Crippen LogP contribution in [0.3, 0.4) is 0 Å². The Balaban J connectivity index is 1.36. The summed E-state index contributed by atoms with van der Waals surface area (Å²) in [7, 11) is 0. The molecule has 4 nitrogen and oxygen atoms in total. The number of hydrogen-bond acceptors (Lipinski definition) is 3. The van der Waals surface area contributed by atoms with Crippen molar-refractivity contribution in [2.75, 3.05) is 0 Å². The highest BCUT2D eigenvalue weighted by Gasteiger charge is 2.28. The van der Waals surface area contributed by atoms with Gasteiger partial charge in [0.15, 0.2) is 0 Å². The van der Waals surface area contributed by atoms with Gasteiger partial charge in [-0.2, -0.15) is 0 Å². The maximum atomic E-state index is 5.27. The van der Waals surface area contributed by atoms with E-state index in [0.717, 1.165) is 51.2 Å². The zero-order valence-corrected chi connectivity index (χ0v) is 18.8. The number of rotatable bonds is 0. The molecule has 0 saturated heterocycles. The molecule has 0 unspecified atom stereocenters. The zero-order chi connectivity index (χ0) is 22.7. The van der Waals surface area contributed by atoms with Gasteiger partial charge in [-0.15, -0.1) is 0 Å². The molecule has 162 valence electrons. The summed E-state index contributed by atoms with van der Waals surface area (Å²) in [6.07, 6.45) is 9.54. The van der Waals surface area contributed by atoms with Gasteiger partial charge in [-0.25, -0.2) is 4.98 Å². The van der Waals surface area contributed by atoms with E-state index in [1.807, 2.05) is 24.8 Å². The molecule has 4 aromatic heterocycles. The van der Waals surface area contributed by atoms with Crippen molar-refractivity contribution in [3.8, 4) is 22.3 Å². The van der Waals surface area contributed by atoms with Gasteiger partial charge in [0.25, 0.3) is 0 Å². The molecule has 4 heteroatoms. The van der Waals surface area contributed by atoms with Crippen molar-refractivity contribution in [2.24, 2.45) is 0 Å². The minimum absolute atomic E-state index is 0.922. The first kappa shape index (κ1) is 17.8. The van der Waals surface area contributed by atoms with E-state index in [9.17, 15) is 0 Å². The molecular weight excluding hydrogens is 428 g/mol. The van der Waals surface area contributed by atoms with Crippen molar-refractivity contribution < 1.29 is 0 Å². The minimum Gasteiger partial charge on any atom is -0.292 e. The molecule has 0 atom stereocenters. The molecule has 0 saturated carbocycles. The van der Waals surface area contributed by atoms with E-state index in [0.29, 0.717) is 0 Å². The van der Waals surface area contributed by atoms with Crippen LogP contribution in [0.4, 0.5) is 0 Å². The lowest BCUT2D eigenvalue weighted by Crippen LogP contribution is -1.92. The molecule has 0 spiro atoms. The minimum atomic E-state index is 0.922. The summed E-state index contributed by atoms with van der Waals surface area (Å²) in [5.41, 5.74) is 15.4. The molecule has 0 aliphatic heterocycles. The van der Waals surface area contributed by atoms with E-state index in [-0.39, 0.29) is 0 Å². The monoisotopic (exact) mass is 446 g/mol. The average molecular weight is 447 g/mol. The largest absolute Gasteiger partial charge is 0.292 e. The van der Waals surface area contributed by atoms with Gasteiger partial charge in [0.2, 0.25) is 0 Å². The zero-order valence-electron chi connectivity index (χ0n) is 18.8. The summed E-state index contributed by atoms with van der Waals surface area (Å²) in [5, 5.41) is 3.32. The van der Waals surface area contributed by atoms with Crippen LogP contribution in [0.15, 0.2) is 85.5 Å². The molecule has 9 rings (SSSR count). The predicted octanol–water partition coefficient (Wildman–Crippen LogP) is 6.73. The van der Waals surface area contributed by atoms with Crippen molar-refractivity contribution >= 4 is 38.4 Å². The van der Waals surface area contributed by atoms with Crippen LogP contribution >= 0.6 is 0 Å². The van der Waals surface area contributed by atoms with E-state index in [1.165, 1.54) is 44.5 Å². The van der Waals surface area contributed by atoms with Crippen molar-refractivity contribution in [3.63, 3.8) is 0 Å². The Kier molecular flexibility index (Phi) is 3.11. The number of hydrogen-bond donors (Lipinski definition) is 0. The van der Waals surface area contributed by atoms with Crippen LogP contribution in [0.25, 0.3) is 60.6 Å². The molecule has 3 aromatic carbocycles. The first-order valence-corrected chi connectivity index (χ1v) is 12.0. The Bertz CT molecular complexity index is 2070. The summed E-state index contributed by atoms with van der Waals surface area (Å²) in [4.78, 5) is 14.1. The second kappa shape index (κ2) is 6.10. The summed E-state index contributed by atoms with van der Waals surface area (Å²) in [6.45, 7) is 0. The number of benzene rings is 3. The second-order valence-corrected chi connectivity index (χ2v) is 9.72. The molecule has 0 fully saturated rings. The third-order valence-electron chi connectivity index (χ3n) is 8.00. The Morgan fingerprint density at radius 1 is 0.600 bits per heavy atom. The standard InChI is InChI=1S/C31H18N4/c1-2-4-20-17(3-1)11-18-12-19-13-25-21(24(19)14-23(18)20)5-6-29-30(25)34-31-27-16-32-9-7-22(27)26-15-33-10-8-28(26)35(29)31/h1-10,12,14-16H,11,13H2. The van der Waals surface area contributed by atoms with Gasteiger partial charge in [-0.05, 0) is 80.6 Å². The predicted molar refractivity (Wildman–Crippen MR) is 140 cm³/mol. The number of pyridine rings is 3. The van der Waals surface area contributed by atoms with Crippen LogP contribution in [0, 0.1) is 0 Å². The van der Waals surface area contributed by atoms with E-state index < -0.39 is 0 Å². The molecule has 35 heavy (non-hydrogen) atoms. The molecule has 2 aliphatic rings. The van der Waals surface area contributed by atoms with Crippen LogP contribution in [0.2, 0.25) is 0 Å². The maximum Gasteiger partial charge on any atom is 0.147 e. The van der Waals surface area contributed by atoms with Gasteiger partial charge >= 0.3 is 0 Å². The first-order chi connectivity index (χ1) is 17.3. The van der Waals surface area contributed by atoms with Crippen molar-refractivity contribution in [2.45, 2.75) is 12.8 Å². The normalized spacial score (nSPS) is 13.5. The van der Waals surface area contributed by atoms with Gasteiger partial charge in [-0.3, -0.25) is 14.4 Å². The van der Waals surface area contributed by atoms with Gasteiger partial charge in [0.1, 0.15) is 5.65 Å². The quantitative estimate of drug-likeness (QED) is 0.243. The summed E-state index contributed by atoms with van der Waals surface area (Å²) < 4.78 is 2.29. The molecule has 0 N–H and O–H groups in total. The fraction of sp³-hybridized carbons (Fsp3) is 0.0645. The number of aromatic nitrogens is 4. The molecule has 0 amide bonds. The third kappa shape index (κ3) is 2.15. The highest BCUT2D eigenvalue weighted by molar-refractivity contribution is 6.13. The van der Waals surface area contributed by atoms with E-state index >= 15 is 0 Å². The van der Waals surface area contributed by atoms with Gasteiger partial charge in [0.05, 0.1) is 16.6 Å². The van der Waals surface area contributed by atoms with Crippen LogP contribution in [0.1, 0.15) is 22.3 Å². The smallest absolute Gasteiger partial charge is 0.147 e. The lowest BCUT2D eigenvalue weighted by Gasteiger charge is -2.08. The SMILES string of the molecule is c1ccc2c(c1)Cc1cc3c(cc1-2)-c1ccc2c(nc4c5cnccc5c5cnccc5n24)c1C3. The maximum absolute atomic E-state index is 5.27. The van der Waals surface area contributed by atoms with Crippen molar-refractivity contribution in [3.05, 3.63) is 108 Å². The van der Waals surface area contributed by atoms with Crippen LogP contribution in [-0.2, 0) is 12.8 Å². The molecular formula is C31H18N4. The molecule has 2 aliphatic carbocycles. The van der Waals surface area contributed by atoms with Gasteiger partial charge in [-0.1, -0.05) is 36.4 Å². The van der Waals surface area contributed by atoms with Gasteiger partial charge < -0.3 is 0 Å². The molecule has 0 radical (unpaired) electrons. The number of fused-ring (bicyclic) bond motifs is 15. The van der Waals surface area contributed by atoms with Crippen LogP contribution < -0.4 is 0 Å². The Morgan fingerprint density at radius 2 is 1.43 bits per heavy atom. The highest BCUT2D eigenvalue weighted by Crippen LogP contribution is 2.46. The first-order valence-electron chi connectivity index (χ1n) is 12.0. The fourth-order valence-corrected chi connectivity index (χ4v) is 6.47.